The van der Waals surface area contributed by atoms with Crippen LogP contribution in [0.1, 0.15) is 18.9 Å². The minimum Gasteiger partial charge on any atom is -0.492 e. The Hall–Kier alpha value is -0.710. The van der Waals surface area contributed by atoms with Gasteiger partial charge in [0.15, 0.2) is 0 Å². The Balaban J connectivity index is 1.71. The molecule has 1 aromatic carbocycles. The zero-order valence-corrected chi connectivity index (χ0v) is 13.5. The van der Waals surface area contributed by atoms with Crippen LogP contribution in [0.3, 0.4) is 0 Å². The van der Waals surface area contributed by atoms with Gasteiger partial charge in [0, 0.05) is 12.3 Å². The average Bonchev–Trinajstić information content (AvgIpc) is 2.83. The summed E-state index contributed by atoms with van der Waals surface area (Å²) >= 11 is 1.90. The molecule has 1 fully saturated rings. The number of likely N-dealkylation sites (N-methyl/N-ethyl adjacent to an activating group) is 1. The van der Waals surface area contributed by atoms with Crippen LogP contribution in [0.5, 0.6) is 5.75 Å². The minimum atomic E-state index is 0.376. The predicted molar refractivity (Wildman–Crippen MR) is 85.3 cm³/mol. The number of thioether (sulfide) groups is 1. The van der Waals surface area contributed by atoms with E-state index in [1.54, 1.807) is 0 Å². The van der Waals surface area contributed by atoms with Gasteiger partial charge in [-0.05, 0) is 44.1 Å². The van der Waals surface area contributed by atoms with E-state index in [9.17, 15) is 0 Å². The third-order valence-corrected chi connectivity index (χ3v) is 4.53. The second-order valence-corrected chi connectivity index (χ2v) is 6.86. The highest BCUT2D eigenvalue weighted by atomic mass is 32.2. The zero-order chi connectivity index (χ0) is 14.4. The van der Waals surface area contributed by atoms with E-state index in [2.05, 4.69) is 50.2 Å². The summed E-state index contributed by atoms with van der Waals surface area (Å²) in [5.74, 6) is 2.67. The number of nitrogens with zero attached hydrogens (tertiary/aromatic N) is 1. The number of ether oxygens (including phenoxy) is 2. The Morgan fingerprint density at radius 2 is 2.05 bits per heavy atom. The number of rotatable bonds is 7. The van der Waals surface area contributed by atoms with Gasteiger partial charge < -0.3 is 14.4 Å². The maximum absolute atomic E-state index is 5.72. The van der Waals surface area contributed by atoms with Crippen molar-refractivity contribution in [2.45, 2.75) is 24.5 Å². The minimum absolute atomic E-state index is 0.376. The lowest BCUT2D eigenvalue weighted by atomic mass is 10.2. The molecule has 112 valence electrons. The number of hydrogen-bond donors (Lipinski definition) is 0. The highest BCUT2D eigenvalue weighted by molar-refractivity contribution is 7.99. The van der Waals surface area contributed by atoms with Crippen LogP contribution in [-0.2, 0) is 10.5 Å². The van der Waals surface area contributed by atoms with Crippen LogP contribution >= 0.6 is 11.8 Å². The molecule has 3 nitrogen and oxygen atoms in total. The summed E-state index contributed by atoms with van der Waals surface area (Å²) in [6, 6.07) is 8.42. The Morgan fingerprint density at radius 3 is 2.65 bits per heavy atom. The molecule has 0 bridgehead atoms. The molecule has 0 spiro atoms. The Labute approximate surface area is 126 Å². The van der Waals surface area contributed by atoms with Crippen LogP contribution in [0.4, 0.5) is 0 Å². The predicted octanol–water partition coefficient (Wildman–Crippen LogP) is 3.24. The smallest absolute Gasteiger partial charge is 0.119 e. The summed E-state index contributed by atoms with van der Waals surface area (Å²) in [7, 11) is 4.10. The first-order chi connectivity index (χ1) is 9.63. The molecule has 4 heteroatoms. The van der Waals surface area contributed by atoms with E-state index in [4.69, 9.17) is 9.47 Å². The van der Waals surface area contributed by atoms with E-state index in [1.807, 2.05) is 11.8 Å². The highest BCUT2D eigenvalue weighted by Gasteiger charge is 2.21. The molecule has 0 saturated carbocycles. The van der Waals surface area contributed by atoms with E-state index in [0.29, 0.717) is 11.4 Å². The lowest BCUT2D eigenvalue weighted by molar-refractivity contribution is 0.166. The van der Waals surface area contributed by atoms with Gasteiger partial charge in [0.1, 0.15) is 17.8 Å². The van der Waals surface area contributed by atoms with E-state index < -0.39 is 0 Å². The molecule has 0 aliphatic carbocycles. The molecule has 2 rings (SSSR count). The van der Waals surface area contributed by atoms with Gasteiger partial charge in [-0.3, -0.25) is 0 Å². The lowest BCUT2D eigenvalue weighted by Gasteiger charge is -2.12. The first-order valence-corrected chi connectivity index (χ1v) is 8.28. The molecule has 1 heterocycles. The van der Waals surface area contributed by atoms with Crippen molar-refractivity contribution in [3.8, 4) is 5.75 Å². The monoisotopic (exact) mass is 295 g/mol. The molecular formula is C16H25NO2S. The van der Waals surface area contributed by atoms with Crippen LogP contribution in [0.25, 0.3) is 0 Å². The first-order valence-electron chi connectivity index (χ1n) is 7.23. The maximum Gasteiger partial charge on any atom is 0.119 e. The second-order valence-electron chi connectivity index (χ2n) is 5.71. The molecule has 2 atom stereocenters. The van der Waals surface area contributed by atoms with Gasteiger partial charge in [0.05, 0.1) is 6.61 Å². The van der Waals surface area contributed by atoms with Gasteiger partial charge in [-0.15, -0.1) is 11.8 Å². The third-order valence-electron chi connectivity index (χ3n) is 3.33. The van der Waals surface area contributed by atoms with Gasteiger partial charge in [-0.2, -0.15) is 0 Å². The summed E-state index contributed by atoms with van der Waals surface area (Å²) < 4.78 is 11.4. The van der Waals surface area contributed by atoms with Crippen molar-refractivity contribution in [3.05, 3.63) is 29.8 Å². The summed E-state index contributed by atoms with van der Waals surface area (Å²) in [6.45, 7) is 4.83. The van der Waals surface area contributed by atoms with Crippen molar-refractivity contribution >= 4 is 11.8 Å². The van der Waals surface area contributed by atoms with Crippen molar-refractivity contribution in [1.82, 2.24) is 4.90 Å². The fraction of sp³-hybridized carbons (Fsp3) is 0.625. The van der Waals surface area contributed by atoms with Crippen molar-refractivity contribution in [2.24, 2.45) is 5.92 Å². The van der Waals surface area contributed by atoms with Gasteiger partial charge in [-0.25, -0.2) is 0 Å². The Morgan fingerprint density at radius 1 is 1.30 bits per heavy atom. The standard InChI is InChI=1S/C16H25NO2S/c1-13-10-16(19-11-13)20-12-14-4-6-15(7-5-14)18-9-8-17(2)3/h4-7,13,16H,8-12H2,1-3H3/t13-,16?/m1/s1. The quantitative estimate of drug-likeness (QED) is 0.770. The van der Waals surface area contributed by atoms with Crippen molar-refractivity contribution in [2.75, 3.05) is 33.9 Å². The van der Waals surface area contributed by atoms with Crippen LogP contribution < -0.4 is 4.74 Å². The fourth-order valence-electron chi connectivity index (χ4n) is 2.07. The molecule has 1 saturated heterocycles. The normalized spacial score (nSPS) is 22.4. The van der Waals surface area contributed by atoms with Gasteiger partial charge >= 0.3 is 0 Å². The molecule has 0 amide bonds. The lowest BCUT2D eigenvalue weighted by Crippen LogP contribution is -2.19. The molecule has 1 aliphatic rings. The summed E-state index contributed by atoms with van der Waals surface area (Å²) in [4.78, 5) is 2.12. The van der Waals surface area contributed by atoms with E-state index in [1.165, 1.54) is 12.0 Å². The van der Waals surface area contributed by atoms with Crippen LogP contribution in [0.2, 0.25) is 0 Å². The first kappa shape index (κ1) is 15.7. The molecule has 0 N–H and O–H groups in total. The number of benzene rings is 1. The van der Waals surface area contributed by atoms with Gasteiger partial charge in [0.2, 0.25) is 0 Å². The molecule has 20 heavy (non-hydrogen) atoms. The molecule has 0 radical (unpaired) electrons. The van der Waals surface area contributed by atoms with Crippen molar-refractivity contribution in [1.29, 1.82) is 0 Å². The summed E-state index contributed by atoms with van der Waals surface area (Å²) in [5, 5.41) is 0. The topological polar surface area (TPSA) is 21.7 Å². The zero-order valence-electron chi connectivity index (χ0n) is 12.7. The fourth-order valence-corrected chi connectivity index (χ4v) is 3.28. The molecule has 1 unspecified atom stereocenters. The maximum atomic E-state index is 5.72. The van der Waals surface area contributed by atoms with E-state index >= 15 is 0 Å². The van der Waals surface area contributed by atoms with Crippen LogP contribution in [0, 0.1) is 5.92 Å². The molecule has 1 aromatic rings. The van der Waals surface area contributed by atoms with Crippen molar-refractivity contribution in [3.63, 3.8) is 0 Å². The van der Waals surface area contributed by atoms with Crippen LogP contribution in [0.15, 0.2) is 24.3 Å². The van der Waals surface area contributed by atoms with Crippen LogP contribution in [-0.4, -0.2) is 44.2 Å². The molecular weight excluding hydrogens is 270 g/mol. The van der Waals surface area contributed by atoms with E-state index in [0.717, 1.165) is 31.3 Å². The largest absolute Gasteiger partial charge is 0.492 e. The van der Waals surface area contributed by atoms with E-state index in [-0.39, 0.29) is 0 Å². The van der Waals surface area contributed by atoms with Gasteiger partial charge in [-0.1, -0.05) is 19.1 Å². The molecule has 0 aromatic heterocycles. The summed E-state index contributed by atoms with van der Waals surface area (Å²) in [6.07, 6.45) is 1.18. The van der Waals surface area contributed by atoms with Crippen molar-refractivity contribution < 1.29 is 9.47 Å². The Kier molecular flexibility index (Phi) is 6.20. The SMILES string of the molecule is C[C@H]1COC(SCc2ccc(OCCN(C)C)cc2)C1. The Bertz CT molecular complexity index is 394. The molecule has 1 aliphatic heterocycles. The number of hydrogen-bond acceptors (Lipinski definition) is 4. The summed E-state index contributed by atoms with van der Waals surface area (Å²) in [5.41, 5.74) is 1.71. The second kappa shape index (κ2) is 7.91. The van der Waals surface area contributed by atoms with Gasteiger partial charge in [0.25, 0.3) is 0 Å². The highest BCUT2D eigenvalue weighted by Crippen LogP contribution is 2.30. The third kappa shape index (κ3) is 5.35. The average molecular weight is 295 g/mol.